The Balaban J connectivity index is 2.30. The number of nitrogens with one attached hydrogen (secondary N) is 1. The molecular weight excluding hydrogens is 208 g/mol. The van der Waals surface area contributed by atoms with E-state index in [4.69, 9.17) is 0 Å². The van der Waals surface area contributed by atoms with E-state index in [0.29, 0.717) is 0 Å². The summed E-state index contributed by atoms with van der Waals surface area (Å²) < 4.78 is 0. The van der Waals surface area contributed by atoms with Crippen molar-refractivity contribution in [3.05, 3.63) is 0 Å². The van der Waals surface area contributed by atoms with Crippen LogP contribution in [0.25, 0.3) is 0 Å². The highest BCUT2D eigenvalue weighted by molar-refractivity contribution is 4.73. The Hall–Kier alpha value is -0.0800. The minimum atomic E-state index is 0.869. The van der Waals surface area contributed by atoms with E-state index in [1.54, 1.807) is 0 Å². The number of piperidine rings is 1. The molecule has 1 heterocycles. The molecule has 0 aromatic rings. The van der Waals surface area contributed by atoms with Crippen LogP contribution in [0, 0.1) is 11.8 Å². The van der Waals surface area contributed by atoms with Gasteiger partial charge in [-0.2, -0.15) is 0 Å². The third kappa shape index (κ3) is 6.42. The molecule has 0 amide bonds. The first-order valence-electron chi connectivity index (χ1n) is 7.69. The number of rotatable bonds is 8. The summed E-state index contributed by atoms with van der Waals surface area (Å²) in [5.74, 6) is 1.81. The zero-order valence-electron chi connectivity index (χ0n) is 12.2. The summed E-state index contributed by atoms with van der Waals surface area (Å²) in [6, 6.07) is 0. The van der Waals surface area contributed by atoms with E-state index in [1.807, 2.05) is 0 Å². The zero-order chi connectivity index (χ0) is 12.5. The lowest BCUT2D eigenvalue weighted by molar-refractivity contribution is 0.180. The summed E-state index contributed by atoms with van der Waals surface area (Å²) in [5.41, 5.74) is 0. The summed E-state index contributed by atoms with van der Waals surface area (Å²) in [6.07, 6.45) is 6.76. The molecule has 0 aromatic heterocycles. The van der Waals surface area contributed by atoms with Crippen molar-refractivity contribution in [1.29, 1.82) is 0 Å². The molecular formula is C15H32N2. The van der Waals surface area contributed by atoms with Gasteiger partial charge in [0, 0.05) is 13.1 Å². The van der Waals surface area contributed by atoms with Crippen LogP contribution in [0.15, 0.2) is 0 Å². The molecule has 0 aromatic carbocycles. The molecule has 2 nitrogen and oxygen atoms in total. The highest BCUT2D eigenvalue weighted by Gasteiger charge is 2.17. The molecule has 0 radical (unpaired) electrons. The molecule has 1 aliphatic rings. The standard InChI is InChI=1S/C15H32N2/c1-4-6-14(3)12-17(11-5-2)13-15-7-9-16-10-8-15/h14-16H,4-13H2,1-3H3. The van der Waals surface area contributed by atoms with Crippen LogP contribution in [0.5, 0.6) is 0 Å². The first-order chi connectivity index (χ1) is 8.26. The maximum atomic E-state index is 3.46. The number of nitrogens with zero attached hydrogens (tertiary/aromatic N) is 1. The topological polar surface area (TPSA) is 15.3 Å². The maximum Gasteiger partial charge on any atom is 0.00107 e. The van der Waals surface area contributed by atoms with Gasteiger partial charge in [-0.15, -0.1) is 0 Å². The fourth-order valence-electron chi connectivity index (χ4n) is 3.03. The third-order valence-electron chi connectivity index (χ3n) is 3.87. The second-order valence-corrected chi connectivity index (χ2v) is 5.85. The molecule has 0 spiro atoms. The smallest absolute Gasteiger partial charge is 0.00107 e. The maximum absolute atomic E-state index is 3.46. The van der Waals surface area contributed by atoms with E-state index in [-0.39, 0.29) is 0 Å². The van der Waals surface area contributed by atoms with Gasteiger partial charge in [-0.3, -0.25) is 0 Å². The molecule has 0 aliphatic carbocycles. The molecule has 0 bridgehead atoms. The van der Waals surface area contributed by atoms with E-state index in [1.165, 1.54) is 64.8 Å². The Morgan fingerprint density at radius 3 is 2.47 bits per heavy atom. The minimum Gasteiger partial charge on any atom is -0.317 e. The van der Waals surface area contributed by atoms with Crippen LogP contribution in [0.2, 0.25) is 0 Å². The zero-order valence-corrected chi connectivity index (χ0v) is 12.2. The molecule has 1 rings (SSSR count). The molecule has 1 N–H and O–H groups in total. The molecule has 1 fully saturated rings. The van der Waals surface area contributed by atoms with E-state index < -0.39 is 0 Å². The summed E-state index contributed by atoms with van der Waals surface area (Å²) in [7, 11) is 0. The van der Waals surface area contributed by atoms with Crippen molar-refractivity contribution >= 4 is 0 Å². The second kappa shape index (κ2) is 8.93. The average Bonchev–Trinajstić information content (AvgIpc) is 2.31. The molecule has 1 atom stereocenters. The Morgan fingerprint density at radius 2 is 1.88 bits per heavy atom. The van der Waals surface area contributed by atoms with Gasteiger partial charge in [0.2, 0.25) is 0 Å². The Labute approximate surface area is 108 Å². The molecule has 1 saturated heterocycles. The van der Waals surface area contributed by atoms with Crippen molar-refractivity contribution in [1.82, 2.24) is 10.2 Å². The van der Waals surface area contributed by atoms with Gasteiger partial charge in [-0.1, -0.05) is 27.2 Å². The SMILES string of the molecule is CCCC(C)CN(CCC)CC1CCNCC1. The van der Waals surface area contributed by atoms with E-state index in [0.717, 1.165) is 11.8 Å². The van der Waals surface area contributed by atoms with Gasteiger partial charge in [-0.25, -0.2) is 0 Å². The van der Waals surface area contributed by atoms with Crippen molar-refractivity contribution < 1.29 is 0 Å². The molecule has 1 aliphatic heterocycles. The van der Waals surface area contributed by atoms with Crippen LogP contribution in [0.4, 0.5) is 0 Å². The first kappa shape index (κ1) is 15.0. The average molecular weight is 240 g/mol. The lowest BCUT2D eigenvalue weighted by atomic mass is 9.96. The predicted octanol–water partition coefficient (Wildman–Crippen LogP) is 3.13. The van der Waals surface area contributed by atoms with Gasteiger partial charge in [-0.05, 0) is 57.2 Å². The summed E-state index contributed by atoms with van der Waals surface area (Å²) in [4.78, 5) is 2.72. The number of hydrogen-bond acceptors (Lipinski definition) is 2. The van der Waals surface area contributed by atoms with Crippen molar-refractivity contribution in [3.8, 4) is 0 Å². The van der Waals surface area contributed by atoms with Crippen LogP contribution in [0.1, 0.15) is 52.9 Å². The molecule has 2 heteroatoms. The van der Waals surface area contributed by atoms with Crippen molar-refractivity contribution in [2.75, 3.05) is 32.7 Å². The predicted molar refractivity (Wildman–Crippen MR) is 76.4 cm³/mol. The van der Waals surface area contributed by atoms with Crippen molar-refractivity contribution in [2.45, 2.75) is 52.9 Å². The Bertz CT molecular complexity index is 176. The van der Waals surface area contributed by atoms with Crippen molar-refractivity contribution in [3.63, 3.8) is 0 Å². The molecule has 102 valence electrons. The van der Waals surface area contributed by atoms with E-state index in [9.17, 15) is 0 Å². The summed E-state index contributed by atoms with van der Waals surface area (Å²) in [5, 5.41) is 3.46. The normalized spacial score (nSPS) is 19.8. The minimum absolute atomic E-state index is 0.869. The third-order valence-corrected chi connectivity index (χ3v) is 3.87. The van der Waals surface area contributed by atoms with Gasteiger partial charge in [0.1, 0.15) is 0 Å². The quantitative estimate of drug-likeness (QED) is 0.701. The Kier molecular flexibility index (Phi) is 7.87. The van der Waals surface area contributed by atoms with Gasteiger partial charge in [0.25, 0.3) is 0 Å². The van der Waals surface area contributed by atoms with Crippen LogP contribution in [-0.2, 0) is 0 Å². The van der Waals surface area contributed by atoms with Gasteiger partial charge < -0.3 is 10.2 Å². The second-order valence-electron chi connectivity index (χ2n) is 5.85. The first-order valence-corrected chi connectivity index (χ1v) is 7.69. The van der Waals surface area contributed by atoms with Crippen molar-refractivity contribution in [2.24, 2.45) is 11.8 Å². The highest BCUT2D eigenvalue weighted by atomic mass is 15.1. The van der Waals surface area contributed by atoms with E-state index >= 15 is 0 Å². The fraction of sp³-hybridized carbons (Fsp3) is 1.00. The number of hydrogen-bond donors (Lipinski definition) is 1. The van der Waals surface area contributed by atoms with Gasteiger partial charge in [0.15, 0.2) is 0 Å². The fourth-order valence-corrected chi connectivity index (χ4v) is 3.03. The van der Waals surface area contributed by atoms with Gasteiger partial charge in [0.05, 0.1) is 0 Å². The van der Waals surface area contributed by atoms with Crippen LogP contribution < -0.4 is 5.32 Å². The Morgan fingerprint density at radius 1 is 1.18 bits per heavy atom. The van der Waals surface area contributed by atoms with Crippen LogP contribution >= 0.6 is 0 Å². The molecule has 0 saturated carbocycles. The van der Waals surface area contributed by atoms with E-state index in [2.05, 4.69) is 31.0 Å². The summed E-state index contributed by atoms with van der Waals surface area (Å²) >= 11 is 0. The van der Waals surface area contributed by atoms with Crippen LogP contribution in [-0.4, -0.2) is 37.6 Å². The molecule has 1 unspecified atom stereocenters. The highest BCUT2D eigenvalue weighted by Crippen LogP contribution is 2.16. The lowest BCUT2D eigenvalue weighted by Crippen LogP contribution is -2.38. The lowest BCUT2D eigenvalue weighted by Gasteiger charge is -2.31. The summed E-state index contributed by atoms with van der Waals surface area (Å²) in [6.45, 7) is 13.4. The van der Waals surface area contributed by atoms with Gasteiger partial charge >= 0.3 is 0 Å². The largest absolute Gasteiger partial charge is 0.317 e. The molecule has 17 heavy (non-hydrogen) atoms. The van der Waals surface area contributed by atoms with Crippen LogP contribution in [0.3, 0.4) is 0 Å². The monoisotopic (exact) mass is 240 g/mol.